The highest BCUT2D eigenvalue weighted by molar-refractivity contribution is 7.18. The third kappa shape index (κ3) is 5.70. The lowest BCUT2D eigenvalue weighted by Gasteiger charge is -2.29. The number of hydrogen-bond acceptors (Lipinski definition) is 6. The van der Waals surface area contributed by atoms with E-state index >= 15 is 0 Å². The Hall–Kier alpha value is -2.46. The van der Waals surface area contributed by atoms with Gasteiger partial charge in [0.25, 0.3) is 17.7 Å². The summed E-state index contributed by atoms with van der Waals surface area (Å²) >= 11 is 7.13. The first kappa shape index (κ1) is 26.2. The summed E-state index contributed by atoms with van der Waals surface area (Å²) in [5, 5.41) is 5.80. The van der Waals surface area contributed by atoms with Crippen LogP contribution >= 0.6 is 22.9 Å². The van der Waals surface area contributed by atoms with Gasteiger partial charge in [0, 0.05) is 43.4 Å². The van der Waals surface area contributed by atoms with E-state index in [0.29, 0.717) is 33.5 Å². The number of thiophene rings is 1. The molecular weight excluding hydrogens is 512 g/mol. The van der Waals surface area contributed by atoms with E-state index in [2.05, 4.69) is 15.5 Å². The van der Waals surface area contributed by atoms with Crippen molar-refractivity contribution in [2.24, 2.45) is 0 Å². The Morgan fingerprint density at radius 3 is 2.62 bits per heavy atom. The molecule has 3 saturated heterocycles. The van der Waals surface area contributed by atoms with Crippen LogP contribution < -0.4 is 10.6 Å². The van der Waals surface area contributed by atoms with Gasteiger partial charge in [-0.15, -0.1) is 11.3 Å². The van der Waals surface area contributed by atoms with Gasteiger partial charge >= 0.3 is 0 Å². The van der Waals surface area contributed by atoms with Gasteiger partial charge in [-0.2, -0.15) is 0 Å². The van der Waals surface area contributed by atoms with Crippen LogP contribution in [-0.2, 0) is 9.53 Å². The largest absolute Gasteiger partial charge is 0.378 e. The van der Waals surface area contributed by atoms with Gasteiger partial charge in [0.15, 0.2) is 0 Å². The monoisotopic (exact) mass is 544 g/mol. The summed E-state index contributed by atoms with van der Waals surface area (Å²) in [6.45, 7) is 6.34. The van der Waals surface area contributed by atoms with E-state index in [9.17, 15) is 14.4 Å². The van der Waals surface area contributed by atoms with E-state index in [1.165, 1.54) is 12.8 Å². The van der Waals surface area contributed by atoms with Crippen LogP contribution in [0, 0.1) is 6.92 Å². The lowest BCUT2D eigenvalue weighted by Crippen LogP contribution is -2.57. The summed E-state index contributed by atoms with van der Waals surface area (Å²) in [6.07, 6.45) is 4.93. The lowest BCUT2D eigenvalue weighted by atomic mass is 9.96. The van der Waals surface area contributed by atoms with E-state index < -0.39 is 5.54 Å². The van der Waals surface area contributed by atoms with E-state index in [1.807, 2.05) is 17.9 Å². The van der Waals surface area contributed by atoms with Crippen LogP contribution in [0.5, 0.6) is 0 Å². The van der Waals surface area contributed by atoms with Crippen LogP contribution in [0.25, 0.3) is 0 Å². The van der Waals surface area contributed by atoms with Crippen LogP contribution in [0.2, 0.25) is 4.34 Å². The maximum atomic E-state index is 13.5. The van der Waals surface area contributed by atoms with Crippen LogP contribution in [0.1, 0.15) is 57.7 Å². The number of likely N-dealkylation sites (tertiary alicyclic amines) is 2. The zero-order chi connectivity index (χ0) is 26.0. The summed E-state index contributed by atoms with van der Waals surface area (Å²) in [7, 11) is 0. The average molecular weight is 545 g/mol. The van der Waals surface area contributed by atoms with Gasteiger partial charge in [-0.05, 0) is 81.6 Å². The van der Waals surface area contributed by atoms with Crippen molar-refractivity contribution in [2.75, 3.05) is 44.7 Å². The van der Waals surface area contributed by atoms with Crippen molar-refractivity contribution in [3.05, 3.63) is 50.7 Å². The summed E-state index contributed by atoms with van der Waals surface area (Å²) < 4.78 is 6.01. The summed E-state index contributed by atoms with van der Waals surface area (Å²) in [5.41, 5.74) is 0.874. The molecule has 1 aromatic carbocycles. The molecule has 198 valence electrons. The Kier molecular flexibility index (Phi) is 7.85. The predicted octanol–water partition coefficient (Wildman–Crippen LogP) is 3.94. The second-order valence-corrected chi connectivity index (χ2v) is 11.9. The summed E-state index contributed by atoms with van der Waals surface area (Å²) in [6, 6.07) is 8.92. The molecule has 3 aliphatic heterocycles. The number of carbonyl (C=O) groups is 3. The number of hydrogen-bond donors (Lipinski definition) is 2. The standard InChI is InChI=1S/C27H33ClN4O4S/c1-18-15-19(6-7-21(18)25(34)32-13-4-5-20(32)16-31-11-2-3-12-31)29-26(35)27(10-14-36-17-27)30-24(33)22-8-9-23(28)37-22/h6-9,15,20H,2-5,10-14,16-17H2,1H3,(H,29,35)(H,30,33)/t20-,27?/m0/s1. The zero-order valence-corrected chi connectivity index (χ0v) is 22.6. The van der Waals surface area contributed by atoms with Crippen molar-refractivity contribution >= 4 is 46.3 Å². The van der Waals surface area contributed by atoms with Crippen LogP contribution in [0.3, 0.4) is 0 Å². The first-order valence-electron chi connectivity index (χ1n) is 13.0. The van der Waals surface area contributed by atoms with Gasteiger partial charge < -0.3 is 25.2 Å². The molecule has 10 heteroatoms. The van der Waals surface area contributed by atoms with Crippen molar-refractivity contribution in [1.29, 1.82) is 0 Å². The van der Waals surface area contributed by atoms with E-state index in [-0.39, 0.29) is 30.4 Å². The fourth-order valence-corrected chi connectivity index (χ4v) is 6.50. The zero-order valence-electron chi connectivity index (χ0n) is 21.1. The average Bonchev–Trinajstić information content (AvgIpc) is 3.68. The van der Waals surface area contributed by atoms with Gasteiger partial charge in [0.2, 0.25) is 0 Å². The molecule has 1 unspecified atom stereocenters. The highest BCUT2D eigenvalue weighted by Crippen LogP contribution is 2.28. The van der Waals surface area contributed by atoms with E-state index in [1.54, 1.807) is 24.3 Å². The molecule has 2 N–H and O–H groups in total. The Labute approximate surface area is 226 Å². The molecule has 2 atom stereocenters. The number of amides is 3. The molecule has 5 rings (SSSR count). The van der Waals surface area contributed by atoms with Crippen LogP contribution in [0.15, 0.2) is 30.3 Å². The Morgan fingerprint density at radius 2 is 1.95 bits per heavy atom. The highest BCUT2D eigenvalue weighted by atomic mass is 35.5. The van der Waals surface area contributed by atoms with E-state index in [0.717, 1.165) is 55.9 Å². The first-order valence-corrected chi connectivity index (χ1v) is 14.2. The molecule has 3 amide bonds. The van der Waals surface area contributed by atoms with Crippen LogP contribution in [-0.4, -0.2) is 78.5 Å². The van der Waals surface area contributed by atoms with Crippen molar-refractivity contribution < 1.29 is 19.1 Å². The van der Waals surface area contributed by atoms with Crippen molar-refractivity contribution in [1.82, 2.24) is 15.1 Å². The SMILES string of the molecule is Cc1cc(NC(=O)C2(NC(=O)c3ccc(Cl)s3)CCOC2)ccc1C(=O)N1CCC[C@H]1CN1CCCC1. The fraction of sp³-hybridized carbons (Fsp3) is 0.519. The summed E-state index contributed by atoms with van der Waals surface area (Å²) in [4.78, 5) is 44.5. The quantitative estimate of drug-likeness (QED) is 0.551. The number of aryl methyl sites for hydroxylation is 1. The number of halogens is 1. The first-order chi connectivity index (χ1) is 17.8. The molecule has 0 radical (unpaired) electrons. The molecule has 3 fully saturated rings. The maximum absolute atomic E-state index is 13.5. The van der Waals surface area contributed by atoms with Gasteiger partial charge in [-0.25, -0.2) is 0 Å². The van der Waals surface area contributed by atoms with Gasteiger partial charge in [-0.1, -0.05) is 11.6 Å². The second kappa shape index (κ2) is 11.1. The Balaban J connectivity index is 1.26. The molecular formula is C27H33ClN4O4S. The lowest BCUT2D eigenvalue weighted by molar-refractivity contribution is -0.122. The molecule has 0 spiro atoms. The number of benzene rings is 1. The van der Waals surface area contributed by atoms with Gasteiger partial charge in [-0.3, -0.25) is 14.4 Å². The fourth-order valence-electron chi connectivity index (χ4n) is 5.56. The normalized spacial score (nSPS) is 23.9. The molecule has 0 saturated carbocycles. The minimum absolute atomic E-state index is 0.0552. The van der Waals surface area contributed by atoms with Gasteiger partial charge in [0.05, 0.1) is 15.8 Å². The number of rotatable bonds is 7. The van der Waals surface area contributed by atoms with Crippen molar-refractivity contribution in [3.8, 4) is 0 Å². The van der Waals surface area contributed by atoms with Gasteiger partial charge in [0.1, 0.15) is 5.54 Å². The third-order valence-electron chi connectivity index (χ3n) is 7.63. The Bertz CT molecular complexity index is 1170. The maximum Gasteiger partial charge on any atom is 0.262 e. The second-order valence-electron chi connectivity index (χ2n) is 10.2. The molecule has 0 aliphatic carbocycles. The summed E-state index contributed by atoms with van der Waals surface area (Å²) in [5.74, 6) is -0.645. The molecule has 2 aromatic rings. The molecule has 3 aliphatic rings. The predicted molar refractivity (Wildman–Crippen MR) is 145 cm³/mol. The minimum Gasteiger partial charge on any atom is -0.378 e. The molecule has 1 aromatic heterocycles. The number of nitrogens with zero attached hydrogens (tertiary/aromatic N) is 2. The van der Waals surface area contributed by atoms with Crippen molar-refractivity contribution in [3.63, 3.8) is 0 Å². The van der Waals surface area contributed by atoms with E-state index in [4.69, 9.17) is 16.3 Å². The van der Waals surface area contributed by atoms with Crippen molar-refractivity contribution in [2.45, 2.75) is 50.6 Å². The molecule has 8 nitrogen and oxygen atoms in total. The number of nitrogens with one attached hydrogen (secondary N) is 2. The number of carbonyl (C=O) groups excluding carboxylic acids is 3. The number of anilines is 1. The molecule has 4 heterocycles. The minimum atomic E-state index is -1.17. The molecule has 37 heavy (non-hydrogen) atoms. The Morgan fingerprint density at radius 1 is 1.14 bits per heavy atom. The highest BCUT2D eigenvalue weighted by Gasteiger charge is 2.44. The molecule has 0 bridgehead atoms. The van der Waals surface area contributed by atoms with Crippen LogP contribution in [0.4, 0.5) is 5.69 Å². The third-order valence-corrected chi connectivity index (χ3v) is 8.86. The number of ether oxygens (including phenoxy) is 1. The smallest absolute Gasteiger partial charge is 0.262 e. The topological polar surface area (TPSA) is 91.0 Å².